The zero-order valence-corrected chi connectivity index (χ0v) is 23.7. The van der Waals surface area contributed by atoms with Gasteiger partial charge >= 0.3 is 5.97 Å². The van der Waals surface area contributed by atoms with E-state index in [1.807, 2.05) is 72.8 Å². The van der Waals surface area contributed by atoms with Crippen LogP contribution in [0, 0.1) is 0 Å². The van der Waals surface area contributed by atoms with Crippen molar-refractivity contribution < 1.29 is 14.7 Å². The van der Waals surface area contributed by atoms with Crippen LogP contribution in [0.15, 0.2) is 102 Å². The van der Waals surface area contributed by atoms with Crippen LogP contribution in [0.25, 0.3) is 11.3 Å². The third-order valence-electron chi connectivity index (χ3n) is 6.98. The van der Waals surface area contributed by atoms with Crippen molar-refractivity contribution in [2.45, 2.75) is 32.4 Å². The molecule has 40 heavy (non-hydrogen) atoms. The zero-order chi connectivity index (χ0) is 28.1. The molecule has 0 spiro atoms. The van der Waals surface area contributed by atoms with Crippen molar-refractivity contribution in [2.75, 3.05) is 10.6 Å². The van der Waals surface area contributed by atoms with Gasteiger partial charge in [0.1, 0.15) is 0 Å². The van der Waals surface area contributed by atoms with Crippen LogP contribution >= 0.6 is 15.9 Å². The van der Waals surface area contributed by atoms with Gasteiger partial charge in [-0.2, -0.15) is 0 Å². The Hall–Kier alpha value is -4.20. The molecule has 1 amide bonds. The van der Waals surface area contributed by atoms with Crippen molar-refractivity contribution >= 4 is 50.5 Å². The summed E-state index contributed by atoms with van der Waals surface area (Å²) in [5, 5.41) is 19.1. The molecule has 4 aromatic carbocycles. The van der Waals surface area contributed by atoms with Gasteiger partial charge in [0.2, 0.25) is 0 Å². The van der Waals surface area contributed by atoms with Crippen LogP contribution in [-0.2, 0) is 22.6 Å². The predicted molar refractivity (Wildman–Crippen MR) is 164 cm³/mol. The molecule has 0 aliphatic carbocycles. The number of aryl methyl sites for hydroxylation is 1. The van der Waals surface area contributed by atoms with Crippen molar-refractivity contribution in [3.05, 3.63) is 129 Å². The first kappa shape index (κ1) is 27.4. The van der Waals surface area contributed by atoms with E-state index in [9.17, 15) is 9.59 Å². The number of hydrogen-bond donors (Lipinski definition) is 4. The van der Waals surface area contributed by atoms with E-state index < -0.39 is 5.97 Å². The van der Waals surface area contributed by atoms with Crippen LogP contribution in [0.3, 0.4) is 0 Å². The molecule has 4 N–H and O–H groups in total. The second-order valence-electron chi connectivity index (χ2n) is 9.82. The number of aliphatic carboxylic acids is 1. The molecule has 0 bridgehead atoms. The number of carbonyl (C=O) groups excluding carboxylic acids is 1. The minimum Gasteiger partial charge on any atom is -0.481 e. The van der Waals surface area contributed by atoms with E-state index in [1.165, 1.54) is 5.56 Å². The molecular formula is C33H30BrN3O3. The van der Waals surface area contributed by atoms with E-state index in [1.54, 1.807) is 0 Å². The van der Waals surface area contributed by atoms with E-state index in [0.29, 0.717) is 17.7 Å². The number of halogens is 1. The van der Waals surface area contributed by atoms with Gasteiger partial charge in [-0.25, -0.2) is 0 Å². The van der Waals surface area contributed by atoms with Crippen LogP contribution in [0.1, 0.15) is 47.2 Å². The summed E-state index contributed by atoms with van der Waals surface area (Å²) in [6.45, 7) is 2.92. The van der Waals surface area contributed by atoms with Crippen LogP contribution < -0.4 is 16.0 Å². The maximum Gasteiger partial charge on any atom is 0.303 e. The summed E-state index contributed by atoms with van der Waals surface area (Å²) in [5.74, 6) is -1.01. The summed E-state index contributed by atoms with van der Waals surface area (Å²) < 4.78 is 0.885. The standard InChI is InChI=1S/C33H30BrN3O3/c1-21(35-20-23-5-3-2-4-6-23)24-12-15-27(16-13-24)36-32(25-10-7-22(8-11-25)9-18-30(38)39)31-28-17-14-26(34)19-29(28)37-33(31)40/h2-8,10-17,19,21,35-36H,9,18,20H2,1H3,(H,37,40)(H,38,39). The third kappa shape index (κ3) is 6.50. The summed E-state index contributed by atoms with van der Waals surface area (Å²) in [6.07, 6.45) is 0.519. The number of anilines is 2. The number of hydrogen-bond acceptors (Lipinski definition) is 4. The number of amides is 1. The average molecular weight is 597 g/mol. The second-order valence-corrected chi connectivity index (χ2v) is 10.7. The molecule has 1 unspecified atom stereocenters. The van der Waals surface area contributed by atoms with E-state index in [2.05, 4.69) is 63.1 Å². The maximum absolute atomic E-state index is 13.2. The molecule has 1 aliphatic heterocycles. The Kier molecular flexibility index (Phi) is 8.43. The molecule has 1 heterocycles. The van der Waals surface area contributed by atoms with Crippen molar-refractivity contribution in [3.63, 3.8) is 0 Å². The smallest absolute Gasteiger partial charge is 0.303 e. The van der Waals surface area contributed by atoms with E-state index in [0.717, 1.165) is 44.6 Å². The molecule has 4 aromatic rings. The van der Waals surface area contributed by atoms with Gasteiger partial charge in [-0.3, -0.25) is 9.59 Å². The largest absolute Gasteiger partial charge is 0.481 e. The van der Waals surface area contributed by atoms with Gasteiger partial charge in [0.05, 0.1) is 17.0 Å². The highest BCUT2D eigenvalue weighted by Crippen LogP contribution is 2.39. The van der Waals surface area contributed by atoms with Crippen LogP contribution in [0.2, 0.25) is 0 Å². The van der Waals surface area contributed by atoms with E-state index >= 15 is 0 Å². The molecule has 0 saturated carbocycles. The Labute approximate surface area is 242 Å². The summed E-state index contributed by atoms with van der Waals surface area (Å²) in [7, 11) is 0. The highest BCUT2D eigenvalue weighted by atomic mass is 79.9. The maximum atomic E-state index is 13.2. The molecule has 0 aromatic heterocycles. The zero-order valence-electron chi connectivity index (χ0n) is 22.1. The molecular weight excluding hydrogens is 566 g/mol. The van der Waals surface area contributed by atoms with Gasteiger partial charge in [-0.1, -0.05) is 88.7 Å². The molecule has 0 fully saturated rings. The summed E-state index contributed by atoms with van der Waals surface area (Å²) in [5.41, 5.74) is 7.83. The third-order valence-corrected chi connectivity index (χ3v) is 7.47. The van der Waals surface area contributed by atoms with Crippen LogP contribution in [0.5, 0.6) is 0 Å². The number of rotatable bonds is 10. The molecule has 7 heteroatoms. The lowest BCUT2D eigenvalue weighted by atomic mass is 9.98. The fraction of sp³-hybridized carbons (Fsp3) is 0.152. The van der Waals surface area contributed by atoms with Gasteiger partial charge in [-0.15, -0.1) is 0 Å². The highest BCUT2D eigenvalue weighted by molar-refractivity contribution is 9.10. The van der Waals surface area contributed by atoms with Crippen molar-refractivity contribution in [1.82, 2.24) is 5.32 Å². The van der Waals surface area contributed by atoms with Crippen molar-refractivity contribution in [2.24, 2.45) is 0 Å². The molecule has 6 nitrogen and oxygen atoms in total. The first-order chi connectivity index (χ1) is 19.4. The molecule has 1 aliphatic rings. The molecule has 0 radical (unpaired) electrons. The molecule has 202 valence electrons. The second kappa shape index (κ2) is 12.3. The van der Waals surface area contributed by atoms with Crippen LogP contribution in [-0.4, -0.2) is 17.0 Å². The highest BCUT2D eigenvalue weighted by Gasteiger charge is 2.28. The van der Waals surface area contributed by atoms with Gasteiger partial charge in [0.15, 0.2) is 0 Å². The van der Waals surface area contributed by atoms with E-state index in [4.69, 9.17) is 5.11 Å². The Bertz CT molecular complexity index is 1550. The lowest BCUT2D eigenvalue weighted by molar-refractivity contribution is -0.137. The quantitative estimate of drug-likeness (QED) is 0.145. The molecule has 5 rings (SSSR count). The first-order valence-electron chi connectivity index (χ1n) is 13.2. The van der Waals surface area contributed by atoms with Gasteiger partial charge in [-0.05, 0) is 59.9 Å². The number of nitrogens with one attached hydrogen (secondary N) is 3. The predicted octanol–water partition coefficient (Wildman–Crippen LogP) is 7.25. The Morgan fingerprint density at radius 1 is 0.925 bits per heavy atom. The molecule has 1 atom stereocenters. The van der Waals surface area contributed by atoms with E-state index in [-0.39, 0.29) is 18.4 Å². The monoisotopic (exact) mass is 595 g/mol. The number of carboxylic acids is 1. The lowest BCUT2D eigenvalue weighted by Crippen LogP contribution is -2.18. The average Bonchev–Trinajstić information content (AvgIpc) is 3.29. The number of carbonyl (C=O) groups is 2. The topological polar surface area (TPSA) is 90.5 Å². The van der Waals surface area contributed by atoms with Crippen molar-refractivity contribution in [3.8, 4) is 0 Å². The van der Waals surface area contributed by atoms with Crippen LogP contribution in [0.4, 0.5) is 11.4 Å². The minimum absolute atomic E-state index is 0.0706. The number of carboxylic acid groups (broad SMARTS) is 1. The van der Waals surface area contributed by atoms with Gasteiger partial charge in [0, 0.05) is 34.7 Å². The van der Waals surface area contributed by atoms with Crippen molar-refractivity contribution in [1.29, 1.82) is 0 Å². The fourth-order valence-corrected chi connectivity index (χ4v) is 5.11. The Morgan fingerprint density at radius 2 is 1.65 bits per heavy atom. The number of fused-ring (bicyclic) bond motifs is 1. The minimum atomic E-state index is -0.827. The lowest BCUT2D eigenvalue weighted by Gasteiger charge is -2.17. The summed E-state index contributed by atoms with van der Waals surface area (Å²) in [4.78, 5) is 24.2. The normalized spacial score (nSPS) is 14.3. The summed E-state index contributed by atoms with van der Waals surface area (Å²) in [6, 6.07) is 32.1. The van der Waals surface area contributed by atoms with Gasteiger partial charge < -0.3 is 21.1 Å². The van der Waals surface area contributed by atoms with Gasteiger partial charge in [0.25, 0.3) is 5.91 Å². The number of benzene rings is 4. The fourth-order valence-electron chi connectivity index (χ4n) is 4.75. The summed E-state index contributed by atoms with van der Waals surface area (Å²) >= 11 is 3.49. The Morgan fingerprint density at radius 3 is 2.35 bits per heavy atom. The SMILES string of the molecule is CC(NCc1ccccc1)c1ccc(NC(=C2C(=O)Nc3cc(Br)ccc32)c2ccc(CCC(=O)O)cc2)cc1. The first-order valence-corrected chi connectivity index (χ1v) is 14.0. The molecule has 0 saturated heterocycles. The Balaban J connectivity index is 1.42.